The maximum atomic E-state index is 13.1. The molecule has 1 aliphatic rings. The Morgan fingerprint density at radius 3 is 2.50 bits per heavy atom. The zero-order valence-electron chi connectivity index (χ0n) is 17.9. The third kappa shape index (κ3) is 4.43. The molecule has 3 aromatic heterocycles. The fraction of sp³-hybridized carbons (Fsp3) is 0.318. The van der Waals surface area contributed by atoms with Crippen molar-refractivity contribution < 1.29 is 22.7 Å². The van der Waals surface area contributed by atoms with Crippen molar-refractivity contribution in [3.05, 3.63) is 66.2 Å². The fourth-order valence-corrected chi connectivity index (χ4v) is 3.91. The highest BCUT2D eigenvalue weighted by atomic mass is 19.4. The van der Waals surface area contributed by atoms with Gasteiger partial charge in [-0.25, -0.2) is 4.68 Å². The topological polar surface area (TPSA) is 90.4 Å². The van der Waals surface area contributed by atoms with Crippen molar-refractivity contribution in [1.29, 1.82) is 0 Å². The molecule has 0 atom stereocenters. The fourth-order valence-electron chi connectivity index (χ4n) is 3.91. The van der Waals surface area contributed by atoms with E-state index in [-0.39, 0.29) is 24.1 Å². The predicted molar refractivity (Wildman–Crippen MR) is 114 cm³/mol. The molecule has 0 saturated carbocycles. The quantitative estimate of drug-likeness (QED) is 0.413. The van der Waals surface area contributed by atoms with Crippen molar-refractivity contribution in [2.24, 2.45) is 5.92 Å². The molecule has 1 fully saturated rings. The average molecular weight is 471 g/mol. The average Bonchev–Trinajstić information content (AvgIpc) is 3.53. The summed E-state index contributed by atoms with van der Waals surface area (Å²) < 4.78 is 47.3. The van der Waals surface area contributed by atoms with Gasteiger partial charge in [0.05, 0.1) is 11.6 Å². The molecule has 34 heavy (non-hydrogen) atoms. The number of ether oxygens (including phenoxy) is 1. The summed E-state index contributed by atoms with van der Waals surface area (Å²) in [6.07, 6.45) is -0.0714. The maximum Gasteiger partial charge on any atom is 0.453 e. The molecule has 1 saturated heterocycles. The van der Waals surface area contributed by atoms with E-state index in [9.17, 15) is 18.0 Å². The van der Waals surface area contributed by atoms with Crippen LogP contribution >= 0.6 is 0 Å². The van der Waals surface area contributed by atoms with Crippen molar-refractivity contribution in [3.8, 4) is 5.69 Å². The highest BCUT2D eigenvalue weighted by molar-refractivity contribution is 5.73. The van der Waals surface area contributed by atoms with Crippen LogP contribution in [0.1, 0.15) is 24.2 Å². The van der Waals surface area contributed by atoms with Crippen molar-refractivity contribution in [2.45, 2.75) is 25.6 Å². The Labute approximate surface area is 191 Å². The first-order valence-corrected chi connectivity index (χ1v) is 10.7. The van der Waals surface area contributed by atoms with Gasteiger partial charge < -0.3 is 9.64 Å². The van der Waals surface area contributed by atoms with Crippen molar-refractivity contribution in [3.63, 3.8) is 0 Å². The number of hydrogen-bond donors (Lipinski definition) is 0. The van der Waals surface area contributed by atoms with Crippen LogP contribution in [0.5, 0.6) is 0 Å². The first-order chi connectivity index (χ1) is 16.4. The number of benzene rings is 1. The second-order valence-electron chi connectivity index (χ2n) is 7.97. The molecule has 0 amide bonds. The number of carbonyl (C=O) groups is 1. The zero-order valence-corrected chi connectivity index (χ0v) is 17.9. The Balaban J connectivity index is 1.16. The molecule has 12 heteroatoms. The minimum atomic E-state index is -4.65. The van der Waals surface area contributed by atoms with E-state index in [1.165, 1.54) is 6.07 Å². The van der Waals surface area contributed by atoms with E-state index in [0.29, 0.717) is 36.3 Å². The van der Waals surface area contributed by atoms with Gasteiger partial charge in [0.2, 0.25) is 0 Å². The van der Waals surface area contributed by atoms with E-state index in [4.69, 9.17) is 4.74 Å². The first kappa shape index (κ1) is 21.9. The van der Waals surface area contributed by atoms with Crippen molar-refractivity contribution in [2.75, 3.05) is 18.0 Å². The lowest BCUT2D eigenvalue weighted by molar-refractivity contribution is -0.150. The number of esters is 1. The largest absolute Gasteiger partial charge is 0.461 e. The number of nitrogens with zero attached hydrogens (tertiary/aromatic N) is 7. The summed E-state index contributed by atoms with van der Waals surface area (Å²) >= 11 is 0. The molecule has 0 unspecified atom stereocenters. The van der Waals surface area contributed by atoms with E-state index in [2.05, 4.69) is 20.4 Å². The molecule has 0 N–H and O–H groups in total. The molecular formula is C22H20F3N7O2. The zero-order chi connectivity index (χ0) is 23.7. The molecule has 1 aromatic carbocycles. The predicted octanol–water partition coefficient (Wildman–Crippen LogP) is 3.29. The van der Waals surface area contributed by atoms with Gasteiger partial charge in [0, 0.05) is 25.5 Å². The normalized spacial score (nSPS) is 15.1. The summed E-state index contributed by atoms with van der Waals surface area (Å²) in [5.74, 6) is -1.34. The van der Waals surface area contributed by atoms with Crippen LogP contribution in [0.4, 0.5) is 19.0 Å². The lowest BCUT2D eigenvalue weighted by Crippen LogP contribution is -2.37. The second kappa shape index (κ2) is 8.76. The summed E-state index contributed by atoms with van der Waals surface area (Å²) in [6, 6.07) is 12.5. The first-order valence-electron chi connectivity index (χ1n) is 10.7. The number of carbonyl (C=O) groups excluding carboxylic acids is 1. The number of piperidine rings is 1. The summed E-state index contributed by atoms with van der Waals surface area (Å²) in [7, 11) is 0. The van der Waals surface area contributed by atoms with Crippen LogP contribution in [0.25, 0.3) is 11.3 Å². The second-order valence-corrected chi connectivity index (χ2v) is 7.97. The van der Waals surface area contributed by atoms with Crippen LogP contribution in [0, 0.1) is 5.92 Å². The number of alkyl halides is 3. The van der Waals surface area contributed by atoms with Crippen LogP contribution < -0.4 is 4.90 Å². The molecule has 0 bridgehead atoms. The number of anilines is 1. The molecule has 1 aliphatic heterocycles. The van der Waals surface area contributed by atoms with E-state index in [1.54, 1.807) is 16.9 Å². The molecule has 4 heterocycles. The Bertz CT molecular complexity index is 1280. The Morgan fingerprint density at radius 1 is 1.06 bits per heavy atom. The van der Waals surface area contributed by atoms with E-state index < -0.39 is 12.0 Å². The highest BCUT2D eigenvalue weighted by Crippen LogP contribution is 2.29. The number of aromatic nitrogens is 6. The van der Waals surface area contributed by atoms with Gasteiger partial charge in [-0.15, -0.1) is 15.3 Å². The van der Waals surface area contributed by atoms with Gasteiger partial charge in [0.1, 0.15) is 12.4 Å². The number of fused-ring (bicyclic) bond motifs is 1. The molecule has 0 radical (unpaired) electrons. The number of hydrogen-bond acceptors (Lipinski definition) is 7. The third-order valence-electron chi connectivity index (χ3n) is 5.74. The van der Waals surface area contributed by atoms with Crippen LogP contribution in [-0.2, 0) is 22.3 Å². The SMILES string of the molecule is O=C(OCc1ccc(-n2cccn2)cc1)C1CCN(c2ccc3nnc(C(F)(F)F)n3n2)CC1. The molecular weight excluding hydrogens is 451 g/mol. The van der Waals surface area contributed by atoms with E-state index in [1.807, 2.05) is 41.4 Å². The van der Waals surface area contributed by atoms with Gasteiger partial charge in [-0.1, -0.05) is 12.1 Å². The van der Waals surface area contributed by atoms with Gasteiger partial charge >= 0.3 is 12.1 Å². The Morgan fingerprint density at radius 2 is 1.82 bits per heavy atom. The van der Waals surface area contributed by atoms with Crippen LogP contribution in [0.15, 0.2) is 54.9 Å². The molecule has 176 valence electrons. The van der Waals surface area contributed by atoms with Crippen molar-refractivity contribution in [1.82, 2.24) is 29.6 Å². The van der Waals surface area contributed by atoms with Crippen LogP contribution in [0.2, 0.25) is 0 Å². The molecule has 0 aliphatic carbocycles. The van der Waals surface area contributed by atoms with Crippen LogP contribution in [0.3, 0.4) is 0 Å². The number of rotatable bonds is 5. The van der Waals surface area contributed by atoms with E-state index in [0.717, 1.165) is 11.3 Å². The highest BCUT2D eigenvalue weighted by Gasteiger charge is 2.38. The Hall–Kier alpha value is -3.96. The lowest BCUT2D eigenvalue weighted by Gasteiger charge is -2.31. The van der Waals surface area contributed by atoms with Gasteiger partial charge in [0.15, 0.2) is 5.65 Å². The third-order valence-corrected chi connectivity index (χ3v) is 5.74. The molecule has 5 rings (SSSR count). The molecule has 0 spiro atoms. The summed E-state index contributed by atoms with van der Waals surface area (Å²) in [4.78, 5) is 14.4. The van der Waals surface area contributed by atoms with Crippen molar-refractivity contribution >= 4 is 17.4 Å². The standard InChI is InChI=1S/C22H20F3N7O2/c23-22(24,25)21-28-27-18-6-7-19(29-32(18)21)30-12-8-16(9-13-30)20(33)34-14-15-2-4-17(5-3-15)31-11-1-10-26-31/h1-7,10-11,16H,8-9,12-14H2. The molecule has 4 aromatic rings. The van der Waals surface area contributed by atoms with Gasteiger partial charge in [0.25, 0.3) is 5.82 Å². The summed E-state index contributed by atoms with van der Waals surface area (Å²) in [5, 5.41) is 15.0. The minimum Gasteiger partial charge on any atom is -0.461 e. The Kier molecular flexibility index (Phi) is 5.64. The maximum absolute atomic E-state index is 13.1. The van der Waals surface area contributed by atoms with Gasteiger partial charge in [-0.05, 0) is 48.7 Å². The smallest absolute Gasteiger partial charge is 0.453 e. The van der Waals surface area contributed by atoms with Gasteiger partial charge in [-0.3, -0.25) is 4.79 Å². The summed E-state index contributed by atoms with van der Waals surface area (Å²) in [6.45, 7) is 1.12. The molecule has 9 nitrogen and oxygen atoms in total. The lowest BCUT2D eigenvalue weighted by atomic mass is 9.97. The monoisotopic (exact) mass is 471 g/mol. The minimum absolute atomic E-state index is 0.0205. The van der Waals surface area contributed by atoms with Gasteiger partial charge in [-0.2, -0.15) is 22.8 Å². The summed E-state index contributed by atoms with van der Waals surface area (Å²) in [5.41, 5.74) is 1.80. The van der Waals surface area contributed by atoms with E-state index >= 15 is 0 Å². The van der Waals surface area contributed by atoms with Crippen LogP contribution in [-0.4, -0.2) is 48.7 Å². The number of halogens is 3.